The summed E-state index contributed by atoms with van der Waals surface area (Å²) in [7, 11) is 0. The summed E-state index contributed by atoms with van der Waals surface area (Å²) in [5, 5.41) is 6.06. The molecule has 5 nitrogen and oxygen atoms in total. The molecule has 5 heteroatoms. The van der Waals surface area contributed by atoms with Crippen molar-refractivity contribution >= 4 is 17.4 Å². The Morgan fingerprint density at radius 1 is 1.26 bits per heavy atom. The average Bonchev–Trinajstić information content (AvgIpc) is 2.40. The van der Waals surface area contributed by atoms with E-state index >= 15 is 0 Å². The first-order valence-corrected chi connectivity index (χ1v) is 6.49. The molecule has 102 valence electrons. The zero-order valence-electron chi connectivity index (χ0n) is 11.1. The van der Waals surface area contributed by atoms with Gasteiger partial charge >= 0.3 is 0 Å². The minimum Gasteiger partial charge on any atom is -0.324 e. The molecule has 1 aromatic carbocycles. The lowest BCUT2D eigenvalue weighted by molar-refractivity contribution is -0.117. The number of anilines is 1. The third-order valence-electron chi connectivity index (χ3n) is 3.16. The van der Waals surface area contributed by atoms with Gasteiger partial charge in [0.25, 0.3) is 0 Å². The molecule has 0 unspecified atom stereocenters. The smallest absolute Gasteiger partial charge is 0.238 e. The van der Waals surface area contributed by atoms with Crippen LogP contribution in [0, 0.1) is 0 Å². The van der Waals surface area contributed by atoms with Crippen molar-refractivity contribution in [1.29, 1.82) is 0 Å². The van der Waals surface area contributed by atoms with Gasteiger partial charge in [0, 0.05) is 31.7 Å². The number of hydrogen-bond acceptors (Lipinski definition) is 4. The summed E-state index contributed by atoms with van der Waals surface area (Å²) in [5.41, 5.74) is 1.14. The molecular formula is C14H19N3O2. The van der Waals surface area contributed by atoms with Gasteiger partial charge in [-0.15, -0.1) is 0 Å². The minimum atomic E-state index is -0.0735. The van der Waals surface area contributed by atoms with E-state index in [1.165, 1.54) is 6.92 Å². The van der Waals surface area contributed by atoms with Crippen LogP contribution in [0.4, 0.5) is 5.69 Å². The highest BCUT2D eigenvalue weighted by molar-refractivity contribution is 6.04. The van der Waals surface area contributed by atoms with Gasteiger partial charge in [-0.2, -0.15) is 0 Å². The number of benzene rings is 1. The maximum absolute atomic E-state index is 12.0. The number of amides is 1. The standard InChI is InChI=1S/C14H19N3O2/c1-11(18)12-4-2-3-5-13(12)16-14(19)10-17-8-6-15-7-9-17/h2-5,15H,6-10H2,1H3,(H,16,19). The largest absolute Gasteiger partial charge is 0.324 e. The van der Waals surface area contributed by atoms with Crippen LogP contribution in [0.3, 0.4) is 0 Å². The van der Waals surface area contributed by atoms with Crippen LogP contribution in [-0.2, 0) is 4.79 Å². The summed E-state index contributed by atoms with van der Waals surface area (Å²) in [6.45, 7) is 5.45. The molecule has 1 saturated heterocycles. The SMILES string of the molecule is CC(=O)c1ccccc1NC(=O)CN1CCNCC1. The van der Waals surface area contributed by atoms with E-state index in [-0.39, 0.29) is 11.7 Å². The molecule has 0 saturated carbocycles. The lowest BCUT2D eigenvalue weighted by Gasteiger charge is -2.26. The van der Waals surface area contributed by atoms with E-state index < -0.39 is 0 Å². The van der Waals surface area contributed by atoms with Gasteiger partial charge in [0.15, 0.2) is 5.78 Å². The molecule has 19 heavy (non-hydrogen) atoms. The molecule has 1 aromatic rings. The number of carbonyl (C=O) groups is 2. The fourth-order valence-electron chi connectivity index (χ4n) is 2.16. The van der Waals surface area contributed by atoms with Crippen molar-refractivity contribution in [3.05, 3.63) is 29.8 Å². The Labute approximate surface area is 113 Å². The number of Topliss-reactive ketones (excluding diaryl/α,β-unsaturated/α-hetero) is 1. The van der Waals surface area contributed by atoms with E-state index in [0.717, 1.165) is 26.2 Å². The molecule has 1 amide bonds. The molecule has 0 spiro atoms. The second-order valence-electron chi connectivity index (χ2n) is 4.68. The quantitative estimate of drug-likeness (QED) is 0.785. The van der Waals surface area contributed by atoms with E-state index in [2.05, 4.69) is 15.5 Å². The molecule has 0 bridgehead atoms. The minimum absolute atomic E-state index is 0.0435. The second kappa shape index (κ2) is 6.45. The predicted molar refractivity (Wildman–Crippen MR) is 74.4 cm³/mol. The lowest BCUT2D eigenvalue weighted by atomic mass is 10.1. The van der Waals surface area contributed by atoms with Crippen LogP contribution in [0.1, 0.15) is 17.3 Å². The van der Waals surface area contributed by atoms with Crippen molar-refractivity contribution in [1.82, 2.24) is 10.2 Å². The Bertz CT molecular complexity index is 468. The number of rotatable bonds is 4. The molecule has 1 heterocycles. The number of carbonyl (C=O) groups excluding carboxylic acids is 2. The van der Waals surface area contributed by atoms with Gasteiger partial charge in [-0.3, -0.25) is 14.5 Å². The highest BCUT2D eigenvalue weighted by Gasteiger charge is 2.15. The topological polar surface area (TPSA) is 61.4 Å². The van der Waals surface area contributed by atoms with Crippen molar-refractivity contribution in [2.75, 3.05) is 38.0 Å². The van der Waals surface area contributed by atoms with Gasteiger partial charge < -0.3 is 10.6 Å². The van der Waals surface area contributed by atoms with E-state index in [1.54, 1.807) is 18.2 Å². The Hall–Kier alpha value is -1.72. The molecule has 1 fully saturated rings. The predicted octanol–water partition coefficient (Wildman–Crippen LogP) is 0.733. The average molecular weight is 261 g/mol. The number of nitrogens with one attached hydrogen (secondary N) is 2. The van der Waals surface area contributed by atoms with Gasteiger partial charge in [-0.05, 0) is 19.1 Å². The van der Waals surface area contributed by atoms with Crippen molar-refractivity contribution < 1.29 is 9.59 Å². The van der Waals surface area contributed by atoms with Gasteiger partial charge in [-0.25, -0.2) is 0 Å². The van der Waals surface area contributed by atoms with Crippen molar-refractivity contribution in [3.63, 3.8) is 0 Å². The van der Waals surface area contributed by atoms with Crippen molar-refractivity contribution in [3.8, 4) is 0 Å². The van der Waals surface area contributed by atoms with Crippen LogP contribution in [0.5, 0.6) is 0 Å². The first-order chi connectivity index (χ1) is 9.16. The summed E-state index contributed by atoms with van der Waals surface area (Å²) in [6.07, 6.45) is 0. The van der Waals surface area contributed by atoms with Crippen molar-refractivity contribution in [2.45, 2.75) is 6.92 Å². The van der Waals surface area contributed by atoms with Gasteiger partial charge in [0.05, 0.1) is 12.2 Å². The van der Waals surface area contributed by atoms with Crippen LogP contribution in [0.2, 0.25) is 0 Å². The zero-order valence-corrected chi connectivity index (χ0v) is 11.1. The third-order valence-corrected chi connectivity index (χ3v) is 3.16. The Morgan fingerprint density at radius 2 is 1.95 bits per heavy atom. The molecule has 2 rings (SSSR count). The Morgan fingerprint density at radius 3 is 2.63 bits per heavy atom. The van der Waals surface area contributed by atoms with Gasteiger partial charge in [-0.1, -0.05) is 12.1 Å². The maximum Gasteiger partial charge on any atom is 0.238 e. The van der Waals surface area contributed by atoms with Crippen LogP contribution >= 0.6 is 0 Å². The Kier molecular flexibility index (Phi) is 4.65. The molecule has 1 aliphatic heterocycles. The van der Waals surface area contributed by atoms with E-state index in [1.807, 2.05) is 6.07 Å². The Balaban J connectivity index is 1.96. The van der Waals surface area contributed by atoms with Crippen LogP contribution in [0.25, 0.3) is 0 Å². The molecule has 0 radical (unpaired) electrons. The lowest BCUT2D eigenvalue weighted by Crippen LogP contribution is -2.46. The summed E-state index contributed by atoms with van der Waals surface area (Å²) >= 11 is 0. The van der Waals surface area contributed by atoms with Gasteiger partial charge in [0.2, 0.25) is 5.91 Å². The fraction of sp³-hybridized carbons (Fsp3) is 0.429. The first kappa shape index (κ1) is 13.7. The van der Waals surface area contributed by atoms with E-state index in [9.17, 15) is 9.59 Å². The molecular weight excluding hydrogens is 242 g/mol. The van der Waals surface area contributed by atoms with Crippen LogP contribution in [-0.4, -0.2) is 49.3 Å². The highest BCUT2D eigenvalue weighted by atomic mass is 16.2. The highest BCUT2D eigenvalue weighted by Crippen LogP contribution is 2.15. The molecule has 1 aliphatic rings. The first-order valence-electron chi connectivity index (χ1n) is 6.49. The molecule has 0 aromatic heterocycles. The van der Waals surface area contributed by atoms with Crippen LogP contribution in [0.15, 0.2) is 24.3 Å². The number of piperazine rings is 1. The molecule has 0 atom stereocenters. The number of ketones is 1. The fourth-order valence-corrected chi connectivity index (χ4v) is 2.16. The monoisotopic (exact) mass is 261 g/mol. The summed E-state index contributed by atoms with van der Waals surface area (Å²) < 4.78 is 0. The maximum atomic E-state index is 12.0. The summed E-state index contributed by atoms with van der Waals surface area (Å²) in [5.74, 6) is -0.117. The van der Waals surface area contributed by atoms with Crippen LogP contribution < -0.4 is 10.6 Å². The normalized spacial score (nSPS) is 16.1. The summed E-state index contributed by atoms with van der Waals surface area (Å²) in [6, 6.07) is 7.09. The van der Waals surface area contributed by atoms with Gasteiger partial charge in [0.1, 0.15) is 0 Å². The summed E-state index contributed by atoms with van der Waals surface area (Å²) in [4.78, 5) is 25.5. The third kappa shape index (κ3) is 3.87. The van der Waals surface area contributed by atoms with Crippen molar-refractivity contribution in [2.24, 2.45) is 0 Å². The molecule has 2 N–H and O–H groups in total. The number of nitrogens with zero attached hydrogens (tertiary/aromatic N) is 1. The van der Waals surface area contributed by atoms with E-state index in [0.29, 0.717) is 17.8 Å². The van der Waals surface area contributed by atoms with E-state index in [4.69, 9.17) is 0 Å². The number of para-hydroxylation sites is 1. The zero-order chi connectivity index (χ0) is 13.7. The molecule has 0 aliphatic carbocycles. The second-order valence-corrected chi connectivity index (χ2v) is 4.68. The number of hydrogen-bond donors (Lipinski definition) is 2.